The largest absolute Gasteiger partial charge is 0.396 e. The predicted molar refractivity (Wildman–Crippen MR) is 79.9 cm³/mol. The zero-order valence-electron chi connectivity index (χ0n) is 13.7. The van der Waals surface area contributed by atoms with Crippen LogP contribution in [0, 0.1) is 11.8 Å². The molecule has 0 saturated carbocycles. The molecule has 1 amide bonds. The SMILES string of the molecule is CC(C)(O)CCO.CC(C)CCN(C)C(=O)C(C)C. The summed E-state index contributed by atoms with van der Waals surface area (Å²) < 4.78 is 0. The van der Waals surface area contributed by atoms with Gasteiger partial charge in [-0.3, -0.25) is 4.79 Å². The van der Waals surface area contributed by atoms with Crippen LogP contribution in [0.3, 0.4) is 0 Å². The minimum Gasteiger partial charge on any atom is -0.396 e. The number of hydrogen-bond donors (Lipinski definition) is 2. The lowest BCUT2D eigenvalue weighted by Crippen LogP contribution is -2.31. The molecule has 0 fully saturated rings. The van der Waals surface area contributed by atoms with Crippen LogP contribution in [0.4, 0.5) is 0 Å². The van der Waals surface area contributed by atoms with Gasteiger partial charge in [-0.2, -0.15) is 0 Å². The maximum Gasteiger partial charge on any atom is 0.224 e. The Morgan fingerprint density at radius 1 is 1.21 bits per heavy atom. The van der Waals surface area contributed by atoms with Gasteiger partial charge in [0.05, 0.1) is 5.60 Å². The Bertz CT molecular complexity index is 232. The molecule has 4 nitrogen and oxygen atoms in total. The van der Waals surface area contributed by atoms with Gasteiger partial charge in [-0.05, 0) is 32.6 Å². The number of rotatable bonds is 6. The molecule has 0 aliphatic carbocycles. The van der Waals surface area contributed by atoms with Crippen LogP contribution in [-0.4, -0.2) is 46.8 Å². The average molecular weight is 275 g/mol. The van der Waals surface area contributed by atoms with Gasteiger partial charge in [0.2, 0.25) is 5.91 Å². The summed E-state index contributed by atoms with van der Waals surface area (Å²) in [5.41, 5.74) is -0.700. The molecule has 116 valence electrons. The lowest BCUT2D eigenvalue weighted by Gasteiger charge is -2.20. The summed E-state index contributed by atoms with van der Waals surface area (Å²) in [6.45, 7) is 12.5. The van der Waals surface area contributed by atoms with Crippen molar-refractivity contribution < 1.29 is 15.0 Å². The second-order valence-electron chi connectivity index (χ2n) is 6.38. The summed E-state index contributed by atoms with van der Waals surface area (Å²) in [7, 11) is 1.88. The third-order valence-corrected chi connectivity index (χ3v) is 2.64. The zero-order valence-corrected chi connectivity index (χ0v) is 13.7. The van der Waals surface area contributed by atoms with Crippen molar-refractivity contribution in [3.63, 3.8) is 0 Å². The van der Waals surface area contributed by atoms with Crippen LogP contribution in [-0.2, 0) is 4.79 Å². The molecule has 0 rings (SSSR count). The maximum atomic E-state index is 11.4. The molecule has 19 heavy (non-hydrogen) atoms. The van der Waals surface area contributed by atoms with Crippen molar-refractivity contribution in [2.45, 2.75) is 60.0 Å². The van der Waals surface area contributed by atoms with Crippen LogP contribution in [0.1, 0.15) is 54.4 Å². The average Bonchev–Trinajstić information content (AvgIpc) is 2.23. The molecule has 0 heterocycles. The first-order valence-electron chi connectivity index (χ1n) is 7.09. The van der Waals surface area contributed by atoms with Crippen LogP contribution in [0.2, 0.25) is 0 Å². The Balaban J connectivity index is 0. The second kappa shape index (κ2) is 10.2. The van der Waals surface area contributed by atoms with Crippen LogP contribution >= 0.6 is 0 Å². The molecule has 0 unspecified atom stereocenters. The molecule has 0 bridgehead atoms. The first-order chi connectivity index (χ1) is 8.51. The fourth-order valence-corrected chi connectivity index (χ4v) is 1.28. The molecular weight excluding hydrogens is 242 g/mol. The van der Waals surface area contributed by atoms with Gasteiger partial charge in [-0.15, -0.1) is 0 Å². The lowest BCUT2D eigenvalue weighted by molar-refractivity contribution is -0.133. The Morgan fingerprint density at radius 3 is 1.89 bits per heavy atom. The van der Waals surface area contributed by atoms with Crippen molar-refractivity contribution >= 4 is 5.91 Å². The molecule has 0 spiro atoms. The minimum atomic E-state index is -0.700. The van der Waals surface area contributed by atoms with E-state index in [-0.39, 0.29) is 18.4 Å². The fraction of sp³-hybridized carbons (Fsp3) is 0.933. The van der Waals surface area contributed by atoms with E-state index in [1.54, 1.807) is 13.8 Å². The van der Waals surface area contributed by atoms with Gasteiger partial charge in [0.15, 0.2) is 0 Å². The van der Waals surface area contributed by atoms with Gasteiger partial charge in [-0.1, -0.05) is 27.7 Å². The van der Waals surface area contributed by atoms with Gasteiger partial charge in [0, 0.05) is 26.1 Å². The minimum absolute atomic E-state index is 0.0590. The zero-order chi connectivity index (χ0) is 15.6. The van der Waals surface area contributed by atoms with E-state index < -0.39 is 5.60 Å². The van der Waals surface area contributed by atoms with Crippen molar-refractivity contribution in [1.29, 1.82) is 0 Å². The molecule has 0 aromatic heterocycles. The van der Waals surface area contributed by atoms with Crippen LogP contribution < -0.4 is 0 Å². The number of nitrogens with zero attached hydrogens (tertiary/aromatic N) is 1. The van der Waals surface area contributed by atoms with E-state index in [1.165, 1.54) is 0 Å². The summed E-state index contributed by atoms with van der Waals surface area (Å²) in [5.74, 6) is 1.05. The van der Waals surface area contributed by atoms with Gasteiger partial charge < -0.3 is 15.1 Å². The maximum absolute atomic E-state index is 11.4. The number of amides is 1. The first-order valence-corrected chi connectivity index (χ1v) is 7.09. The van der Waals surface area contributed by atoms with Gasteiger partial charge in [-0.25, -0.2) is 0 Å². The van der Waals surface area contributed by atoms with E-state index in [0.717, 1.165) is 13.0 Å². The first kappa shape index (κ1) is 20.7. The number of hydrogen-bond acceptors (Lipinski definition) is 3. The highest BCUT2D eigenvalue weighted by Crippen LogP contribution is 2.04. The molecule has 0 atom stereocenters. The Hall–Kier alpha value is -0.610. The van der Waals surface area contributed by atoms with E-state index in [2.05, 4.69) is 13.8 Å². The molecule has 0 aliphatic rings. The van der Waals surface area contributed by atoms with Gasteiger partial charge in [0.25, 0.3) is 0 Å². The van der Waals surface area contributed by atoms with Crippen molar-refractivity contribution in [3.8, 4) is 0 Å². The van der Waals surface area contributed by atoms with Crippen molar-refractivity contribution in [3.05, 3.63) is 0 Å². The number of carbonyl (C=O) groups excluding carboxylic acids is 1. The normalized spacial score (nSPS) is 11.3. The molecule has 0 saturated heterocycles. The number of aliphatic hydroxyl groups excluding tert-OH is 1. The summed E-state index contributed by atoms with van der Waals surface area (Å²) in [5, 5.41) is 17.1. The monoisotopic (exact) mass is 275 g/mol. The van der Waals surface area contributed by atoms with E-state index >= 15 is 0 Å². The van der Waals surface area contributed by atoms with Gasteiger partial charge in [0.1, 0.15) is 0 Å². The summed E-state index contributed by atoms with van der Waals surface area (Å²) in [6, 6.07) is 0. The highest BCUT2D eigenvalue weighted by Gasteiger charge is 2.12. The summed E-state index contributed by atoms with van der Waals surface area (Å²) >= 11 is 0. The Kier molecular flexibility index (Phi) is 11.1. The Labute approximate surface area is 118 Å². The van der Waals surface area contributed by atoms with Crippen molar-refractivity contribution in [2.24, 2.45) is 11.8 Å². The predicted octanol–water partition coefficient (Wildman–Crippen LogP) is 2.29. The lowest BCUT2D eigenvalue weighted by atomic mass is 10.1. The molecular formula is C15H33NO3. The third kappa shape index (κ3) is 15.3. The van der Waals surface area contributed by atoms with E-state index in [0.29, 0.717) is 12.3 Å². The van der Waals surface area contributed by atoms with Gasteiger partial charge >= 0.3 is 0 Å². The standard InChI is InChI=1S/C10H21NO.C5H12O2/c1-8(2)6-7-11(5)10(12)9(3)4;1-5(2,7)3-4-6/h8-9H,6-7H2,1-5H3;6-7H,3-4H2,1-2H3. The number of carbonyl (C=O) groups is 1. The smallest absolute Gasteiger partial charge is 0.224 e. The van der Waals surface area contributed by atoms with E-state index in [4.69, 9.17) is 10.2 Å². The fourth-order valence-electron chi connectivity index (χ4n) is 1.28. The molecule has 0 radical (unpaired) electrons. The Morgan fingerprint density at radius 2 is 1.68 bits per heavy atom. The van der Waals surface area contributed by atoms with Crippen molar-refractivity contribution in [2.75, 3.05) is 20.2 Å². The topological polar surface area (TPSA) is 60.8 Å². The summed E-state index contributed by atoms with van der Waals surface area (Å²) in [4.78, 5) is 13.2. The molecule has 2 N–H and O–H groups in total. The molecule has 0 aromatic carbocycles. The van der Waals surface area contributed by atoms with E-state index in [9.17, 15) is 4.79 Å². The molecule has 0 aliphatic heterocycles. The van der Waals surface area contributed by atoms with E-state index in [1.807, 2.05) is 25.8 Å². The molecule has 4 heteroatoms. The quantitative estimate of drug-likeness (QED) is 0.782. The van der Waals surface area contributed by atoms with Crippen LogP contribution in [0.15, 0.2) is 0 Å². The highest BCUT2D eigenvalue weighted by molar-refractivity contribution is 5.77. The van der Waals surface area contributed by atoms with Crippen LogP contribution in [0.25, 0.3) is 0 Å². The van der Waals surface area contributed by atoms with Crippen molar-refractivity contribution in [1.82, 2.24) is 4.90 Å². The van der Waals surface area contributed by atoms with Crippen LogP contribution in [0.5, 0.6) is 0 Å². The third-order valence-electron chi connectivity index (χ3n) is 2.64. The second-order valence-corrected chi connectivity index (χ2v) is 6.38. The number of aliphatic hydroxyl groups is 2. The highest BCUT2D eigenvalue weighted by atomic mass is 16.3. The molecule has 0 aromatic rings. The summed E-state index contributed by atoms with van der Waals surface area (Å²) in [6.07, 6.45) is 1.54.